The van der Waals surface area contributed by atoms with Crippen LogP contribution in [0, 0.1) is 11.8 Å². The number of nitrogens with one attached hydrogen (secondary N) is 2. The molecule has 0 aliphatic carbocycles. The van der Waals surface area contributed by atoms with Gasteiger partial charge in [-0.1, -0.05) is 47.7 Å². The van der Waals surface area contributed by atoms with Gasteiger partial charge >= 0.3 is 0 Å². The number of nitrogens with zero attached hydrogens (tertiary/aromatic N) is 6. The maximum atomic E-state index is 14.5. The number of phenols is 1. The molecule has 5 N–H and O–H groups in total. The van der Waals surface area contributed by atoms with Crippen molar-refractivity contribution in [2.45, 2.75) is 44.8 Å². The van der Waals surface area contributed by atoms with Gasteiger partial charge in [-0.05, 0) is 67.4 Å². The van der Waals surface area contributed by atoms with Crippen LogP contribution in [0.15, 0.2) is 77.9 Å². The van der Waals surface area contributed by atoms with Gasteiger partial charge in [0, 0.05) is 41.6 Å². The van der Waals surface area contributed by atoms with Gasteiger partial charge in [-0.15, -0.1) is 0 Å². The normalized spacial score (nSPS) is 14.1. The van der Waals surface area contributed by atoms with E-state index in [0.717, 1.165) is 25.1 Å². The Balaban J connectivity index is 1.25. The minimum absolute atomic E-state index is 0.0270. The van der Waals surface area contributed by atoms with Crippen LogP contribution >= 0.6 is 11.6 Å². The molecule has 13 heteroatoms. The fourth-order valence-corrected chi connectivity index (χ4v) is 6.36. The van der Waals surface area contributed by atoms with Crippen LogP contribution in [-0.2, 0) is 17.9 Å². The van der Waals surface area contributed by atoms with Crippen LogP contribution in [0.1, 0.15) is 42.6 Å². The Morgan fingerprint density at radius 3 is 2.70 bits per heavy atom. The molecule has 1 aliphatic rings. The second-order valence-corrected chi connectivity index (χ2v) is 12.5. The standard InChI is InChI=1S/C37H34ClN9O3/c38-28-10-5-4-8-25(28)20-46-30(21-47-36-33(35(39)41-22-42-36)34(45-47)24-13-15-27(48)16-14-24)44-29-11-6-9-23(32(29)37(46)50)7-2-1-3-12-31(49)43-26-17-18-40-19-26/h4-6,8-11,13-16,22,26,40,48H,1,3,12,17-21H2,(H,43,49)(H2,39,41,42). The molecule has 1 atom stereocenters. The minimum atomic E-state index is -0.274. The van der Waals surface area contributed by atoms with Gasteiger partial charge in [0.2, 0.25) is 5.91 Å². The third-order valence-corrected chi connectivity index (χ3v) is 9.06. The number of halogens is 1. The molecule has 1 aliphatic heterocycles. The van der Waals surface area contributed by atoms with Gasteiger partial charge in [0.25, 0.3) is 5.56 Å². The molecule has 6 aromatic rings. The van der Waals surface area contributed by atoms with E-state index in [2.05, 4.69) is 32.4 Å². The Morgan fingerprint density at radius 1 is 1.06 bits per heavy atom. The molecular formula is C37H34ClN9O3. The second kappa shape index (κ2) is 14.4. The van der Waals surface area contributed by atoms with Crippen molar-refractivity contribution < 1.29 is 9.90 Å². The molecule has 1 saturated heterocycles. The molecule has 3 aromatic heterocycles. The van der Waals surface area contributed by atoms with E-state index in [1.165, 1.54) is 6.33 Å². The monoisotopic (exact) mass is 687 g/mol. The number of carbonyl (C=O) groups excluding carboxylic acids is 1. The van der Waals surface area contributed by atoms with Gasteiger partial charge in [-0.25, -0.2) is 19.6 Å². The predicted octanol–water partition coefficient (Wildman–Crippen LogP) is 4.24. The minimum Gasteiger partial charge on any atom is -0.508 e. The third-order valence-electron chi connectivity index (χ3n) is 8.69. The topological polar surface area (TPSA) is 166 Å². The van der Waals surface area contributed by atoms with Crippen molar-refractivity contribution in [2.24, 2.45) is 0 Å². The number of rotatable bonds is 9. The molecule has 1 fully saturated rings. The van der Waals surface area contributed by atoms with Gasteiger partial charge < -0.3 is 21.5 Å². The van der Waals surface area contributed by atoms with E-state index in [9.17, 15) is 14.7 Å². The number of hydrogen-bond donors (Lipinski definition) is 4. The number of amides is 1. The van der Waals surface area contributed by atoms with Crippen molar-refractivity contribution >= 4 is 45.3 Å². The molecule has 4 heterocycles. The number of nitrogen functional groups attached to an aromatic ring is 1. The summed E-state index contributed by atoms with van der Waals surface area (Å²) < 4.78 is 3.24. The average Bonchev–Trinajstić information content (AvgIpc) is 3.76. The first-order valence-electron chi connectivity index (χ1n) is 16.4. The van der Waals surface area contributed by atoms with Gasteiger partial charge in [-0.2, -0.15) is 5.10 Å². The number of fused-ring (bicyclic) bond motifs is 2. The summed E-state index contributed by atoms with van der Waals surface area (Å²) >= 11 is 6.58. The third kappa shape index (κ3) is 6.87. The van der Waals surface area contributed by atoms with E-state index < -0.39 is 0 Å². The van der Waals surface area contributed by atoms with Crippen LogP contribution in [0.25, 0.3) is 33.2 Å². The summed E-state index contributed by atoms with van der Waals surface area (Å²) in [6.07, 6.45) is 3.82. The summed E-state index contributed by atoms with van der Waals surface area (Å²) in [6.45, 7) is 1.96. The Kier molecular flexibility index (Phi) is 9.42. The lowest BCUT2D eigenvalue weighted by Gasteiger charge is -2.15. The molecule has 50 heavy (non-hydrogen) atoms. The van der Waals surface area contributed by atoms with Crippen molar-refractivity contribution in [3.63, 3.8) is 0 Å². The number of nitrogens with two attached hydrogens (primary N) is 1. The molecule has 3 aromatic carbocycles. The first-order chi connectivity index (χ1) is 24.4. The first-order valence-corrected chi connectivity index (χ1v) is 16.7. The molecule has 252 valence electrons. The van der Waals surface area contributed by atoms with Gasteiger partial charge in [0.05, 0.1) is 22.8 Å². The summed E-state index contributed by atoms with van der Waals surface area (Å²) in [7, 11) is 0. The van der Waals surface area contributed by atoms with E-state index in [4.69, 9.17) is 27.4 Å². The molecule has 0 saturated carbocycles. The van der Waals surface area contributed by atoms with E-state index in [0.29, 0.717) is 68.9 Å². The maximum Gasteiger partial charge on any atom is 0.263 e. The van der Waals surface area contributed by atoms with Crippen molar-refractivity contribution in [3.8, 4) is 28.8 Å². The van der Waals surface area contributed by atoms with Crippen LogP contribution in [-0.4, -0.2) is 59.4 Å². The second-order valence-electron chi connectivity index (χ2n) is 12.1. The number of carbonyl (C=O) groups is 1. The van der Waals surface area contributed by atoms with E-state index in [1.54, 1.807) is 45.6 Å². The fraction of sp³-hybridized carbons (Fsp3) is 0.243. The van der Waals surface area contributed by atoms with Gasteiger partial charge in [0.1, 0.15) is 36.0 Å². The summed E-state index contributed by atoms with van der Waals surface area (Å²) in [4.78, 5) is 40.4. The van der Waals surface area contributed by atoms with Crippen molar-refractivity contribution in [2.75, 3.05) is 18.8 Å². The number of hydrogen-bond acceptors (Lipinski definition) is 9. The van der Waals surface area contributed by atoms with E-state index in [1.807, 2.05) is 30.3 Å². The quantitative estimate of drug-likeness (QED) is 0.128. The van der Waals surface area contributed by atoms with Gasteiger partial charge in [-0.3, -0.25) is 14.2 Å². The lowest BCUT2D eigenvalue weighted by molar-refractivity contribution is -0.121. The Labute approximate surface area is 292 Å². The summed E-state index contributed by atoms with van der Waals surface area (Å²) in [5.41, 5.74) is 9.55. The van der Waals surface area contributed by atoms with Crippen molar-refractivity contribution in [3.05, 3.63) is 105 Å². The zero-order valence-electron chi connectivity index (χ0n) is 27.1. The highest BCUT2D eigenvalue weighted by molar-refractivity contribution is 6.31. The summed E-state index contributed by atoms with van der Waals surface area (Å²) in [5, 5.41) is 22.5. The Bertz CT molecular complexity index is 2340. The van der Waals surface area contributed by atoms with Crippen molar-refractivity contribution in [1.82, 2.24) is 39.9 Å². The molecule has 0 radical (unpaired) electrons. The summed E-state index contributed by atoms with van der Waals surface area (Å²) in [6, 6.07) is 19.6. The first kappa shape index (κ1) is 32.8. The fourth-order valence-electron chi connectivity index (χ4n) is 6.16. The van der Waals surface area contributed by atoms with E-state index >= 15 is 0 Å². The highest BCUT2D eigenvalue weighted by Crippen LogP contribution is 2.31. The molecule has 1 amide bonds. The Hall–Kier alpha value is -5.77. The highest BCUT2D eigenvalue weighted by Gasteiger charge is 2.21. The van der Waals surface area contributed by atoms with Crippen LogP contribution in [0.5, 0.6) is 5.75 Å². The predicted molar refractivity (Wildman–Crippen MR) is 193 cm³/mol. The van der Waals surface area contributed by atoms with Gasteiger partial charge in [0.15, 0.2) is 5.65 Å². The number of benzene rings is 3. The lowest BCUT2D eigenvalue weighted by Crippen LogP contribution is -2.35. The van der Waals surface area contributed by atoms with Crippen LogP contribution in [0.3, 0.4) is 0 Å². The number of anilines is 1. The molecular weight excluding hydrogens is 654 g/mol. The van der Waals surface area contributed by atoms with E-state index in [-0.39, 0.29) is 42.2 Å². The summed E-state index contributed by atoms with van der Waals surface area (Å²) in [5.74, 6) is 7.14. The zero-order chi connectivity index (χ0) is 34.6. The maximum absolute atomic E-state index is 14.5. The smallest absolute Gasteiger partial charge is 0.263 e. The van der Waals surface area contributed by atoms with Crippen LogP contribution in [0.4, 0.5) is 5.82 Å². The SMILES string of the molecule is Nc1ncnc2c1c(-c1ccc(O)cc1)nn2Cc1nc2cccc(C#CCCCC(=O)NC3CCNC3)c2c(=O)n1Cc1ccccc1Cl. The molecule has 1 unspecified atom stereocenters. The molecule has 12 nitrogen and oxygen atoms in total. The van der Waals surface area contributed by atoms with Crippen LogP contribution < -0.4 is 21.9 Å². The largest absolute Gasteiger partial charge is 0.508 e. The lowest BCUT2D eigenvalue weighted by atomic mass is 10.1. The number of aromatic nitrogens is 6. The zero-order valence-corrected chi connectivity index (χ0v) is 27.8. The Morgan fingerprint density at radius 2 is 1.90 bits per heavy atom. The molecule has 0 bridgehead atoms. The number of aromatic hydroxyl groups is 1. The molecule has 7 rings (SSSR count). The molecule has 0 spiro atoms. The van der Waals surface area contributed by atoms with Crippen molar-refractivity contribution in [1.29, 1.82) is 0 Å². The highest BCUT2D eigenvalue weighted by atomic mass is 35.5. The average molecular weight is 688 g/mol. The van der Waals surface area contributed by atoms with Crippen LogP contribution in [0.2, 0.25) is 5.02 Å². The number of unbranched alkanes of at least 4 members (excludes halogenated alkanes) is 1. The number of phenolic OH excluding ortho intramolecular Hbond substituents is 1.